The van der Waals surface area contributed by atoms with Crippen LogP contribution in [0.3, 0.4) is 0 Å². The van der Waals surface area contributed by atoms with Crippen molar-refractivity contribution in [3.63, 3.8) is 0 Å². The van der Waals surface area contributed by atoms with Gasteiger partial charge in [0.05, 0.1) is 24.2 Å². The second-order valence-electron chi connectivity index (χ2n) is 8.31. The molecule has 0 spiro atoms. The van der Waals surface area contributed by atoms with Gasteiger partial charge in [0, 0.05) is 18.7 Å². The van der Waals surface area contributed by atoms with Crippen molar-refractivity contribution in [3.05, 3.63) is 137 Å². The summed E-state index contributed by atoms with van der Waals surface area (Å²) < 4.78 is 5.25. The molecule has 1 aromatic heterocycles. The van der Waals surface area contributed by atoms with Crippen LogP contribution in [-0.4, -0.2) is 29.2 Å². The van der Waals surface area contributed by atoms with E-state index in [4.69, 9.17) is 4.42 Å². The van der Waals surface area contributed by atoms with Gasteiger partial charge in [0.2, 0.25) is 0 Å². The minimum absolute atomic E-state index is 0.457. The molecule has 160 valence electrons. The lowest BCUT2D eigenvalue weighted by Crippen LogP contribution is -2.52. The van der Waals surface area contributed by atoms with Crippen molar-refractivity contribution in [2.24, 2.45) is 0 Å². The Hall–Kier alpha value is -3.40. The molecule has 1 N–H and O–H groups in total. The van der Waals surface area contributed by atoms with Crippen molar-refractivity contribution in [1.29, 1.82) is 0 Å². The van der Waals surface area contributed by atoms with E-state index in [1.165, 1.54) is 16.7 Å². The summed E-state index contributed by atoms with van der Waals surface area (Å²) in [6, 6.07) is 34.0. The maximum atomic E-state index is 10.8. The van der Waals surface area contributed by atoms with Gasteiger partial charge in [0.1, 0.15) is 0 Å². The Kier molecular flexibility index (Phi) is 5.76. The van der Waals surface area contributed by atoms with Crippen molar-refractivity contribution in [2.75, 3.05) is 13.1 Å². The number of hydrogen-bond acceptors (Lipinski definition) is 3. The Morgan fingerprint density at radius 2 is 1.31 bits per heavy atom. The number of piperidine rings is 1. The van der Waals surface area contributed by atoms with E-state index in [-0.39, 0.29) is 0 Å². The van der Waals surface area contributed by atoms with Crippen LogP contribution in [0.1, 0.15) is 28.7 Å². The van der Waals surface area contributed by atoms with Crippen LogP contribution >= 0.6 is 0 Å². The first-order valence-electron chi connectivity index (χ1n) is 11.1. The maximum absolute atomic E-state index is 10.8. The average Bonchev–Trinajstić information content (AvgIpc) is 3.37. The van der Waals surface area contributed by atoms with Gasteiger partial charge < -0.3 is 9.52 Å². The van der Waals surface area contributed by atoms with Gasteiger partial charge in [-0.25, -0.2) is 0 Å². The summed E-state index contributed by atoms with van der Waals surface area (Å²) in [6.45, 7) is 1.44. The first-order chi connectivity index (χ1) is 15.8. The summed E-state index contributed by atoms with van der Waals surface area (Å²) >= 11 is 0. The largest absolute Gasteiger partial charge is 0.472 e. The molecule has 1 fully saturated rings. The average molecular weight is 422 g/mol. The quantitative estimate of drug-likeness (QED) is 0.419. The lowest BCUT2D eigenvalue weighted by atomic mass is 9.74. The summed E-state index contributed by atoms with van der Waals surface area (Å²) in [7, 11) is 0. The lowest BCUT2D eigenvalue weighted by Gasteiger charge is -2.48. The summed E-state index contributed by atoms with van der Waals surface area (Å²) in [5.41, 5.74) is 5.17. The molecule has 32 heavy (non-hydrogen) atoms. The van der Waals surface area contributed by atoms with Crippen LogP contribution in [0.4, 0.5) is 0 Å². The molecule has 0 saturated carbocycles. The first-order valence-corrected chi connectivity index (χ1v) is 11.1. The fraction of sp³-hybridized carbons (Fsp3) is 0.172. The molecule has 1 aliphatic heterocycles. The highest BCUT2D eigenvalue weighted by Crippen LogP contribution is 2.44. The standard InChI is InChI=1S/C29H27NO2/c31-28-16-18-30(21-24(28)20-23-17-19-32-22-23)29(25-10-4-1-5-11-25,26-12-6-2-7-13-26)27-14-8-3-9-15-27/h1-15,17,19-20,22,28,31H,16,18,21H2. The normalized spacial score (nSPS) is 18.7. The Morgan fingerprint density at radius 3 is 1.78 bits per heavy atom. The minimum Gasteiger partial charge on any atom is -0.472 e. The fourth-order valence-electron chi connectivity index (χ4n) is 4.95. The van der Waals surface area contributed by atoms with Crippen LogP contribution in [-0.2, 0) is 5.54 Å². The van der Waals surface area contributed by atoms with Crippen LogP contribution in [0.5, 0.6) is 0 Å². The fourth-order valence-corrected chi connectivity index (χ4v) is 4.95. The molecule has 4 aromatic rings. The van der Waals surface area contributed by atoms with Crippen LogP contribution in [0, 0.1) is 0 Å². The monoisotopic (exact) mass is 421 g/mol. The topological polar surface area (TPSA) is 36.6 Å². The van der Waals surface area contributed by atoms with E-state index in [2.05, 4.69) is 102 Å². The molecular weight excluding hydrogens is 394 g/mol. The Bertz CT molecular complexity index is 1060. The number of aliphatic hydroxyl groups is 1. The zero-order valence-corrected chi connectivity index (χ0v) is 18.0. The van der Waals surface area contributed by atoms with E-state index >= 15 is 0 Å². The molecular formula is C29H27NO2. The number of likely N-dealkylation sites (tertiary alicyclic amines) is 1. The van der Waals surface area contributed by atoms with E-state index in [1.54, 1.807) is 12.5 Å². The van der Waals surface area contributed by atoms with E-state index in [0.717, 1.165) is 17.7 Å². The summed E-state index contributed by atoms with van der Waals surface area (Å²) in [6.07, 6.45) is 5.67. The first kappa shape index (κ1) is 20.5. The second-order valence-corrected chi connectivity index (χ2v) is 8.31. The number of furan rings is 1. The Labute approximate surface area is 189 Å². The molecule has 1 atom stereocenters. The zero-order chi connectivity index (χ0) is 21.8. The predicted molar refractivity (Wildman–Crippen MR) is 128 cm³/mol. The van der Waals surface area contributed by atoms with Gasteiger partial charge in [0.25, 0.3) is 0 Å². The molecule has 2 heterocycles. The van der Waals surface area contributed by atoms with Crippen molar-refractivity contribution in [1.82, 2.24) is 4.90 Å². The predicted octanol–water partition coefficient (Wildman–Crippen LogP) is 5.72. The molecule has 5 rings (SSSR count). The molecule has 1 aliphatic rings. The summed E-state index contributed by atoms with van der Waals surface area (Å²) in [4.78, 5) is 2.51. The van der Waals surface area contributed by atoms with E-state index < -0.39 is 11.6 Å². The second kappa shape index (κ2) is 8.99. The van der Waals surface area contributed by atoms with Crippen LogP contribution in [0.25, 0.3) is 6.08 Å². The van der Waals surface area contributed by atoms with Crippen molar-refractivity contribution in [2.45, 2.75) is 18.1 Å². The van der Waals surface area contributed by atoms with Gasteiger partial charge in [0.15, 0.2) is 0 Å². The molecule has 3 nitrogen and oxygen atoms in total. The summed E-state index contributed by atoms with van der Waals surface area (Å²) in [5, 5.41) is 10.8. The number of nitrogens with zero attached hydrogens (tertiary/aromatic N) is 1. The summed E-state index contributed by atoms with van der Waals surface area (Å²) in [5.74, 6) is 0. The number of aliphatic hydroxyl groups excluding tert-OH is 1. The zero-order valence-electron chi connectivity index (χ0n) is 18.0. The van der Waals surface area contributed by atoms with E-state index in [9.17, 15) is 5.11 Å². The van der Waals surface area contributed by atoms with Crippen LogP contribution in [0.2, 0.25) is 0 Å². The van der Waals surface area contributed by atoms with Crippen LogP contribution < -0.4 is 0 Å². The smallest absolute Gasteiger partial charge is 0.0975 e. The van der Waals surface area contributed by atoms with E-state index in [1.807, 2.05) is 6.07 Å². The molecule has 1 unspecified atom stereocenters. The Balaban J connectivity index is 1.71. The third-order valence-electron chi connectivity index (χ3n) is 6.42. The number of hydrogen-bond donors (Lipinski definition) is 1. The van der Waals surface area contributed by atoms with Gasteiger partial charge in [-0.2, -0.15) is 0 Å². The van der Waals surface area contributed by atoms with Gasteiger partial charge in [-0.15, -0.1) is 0 Å². The van der Waals surface area contributed by atoms with Crippen molar-refractivity contribution < 1.29 is 9.52 Å². The van der Waals surface area contributed by atoms with Crippen molar-refractivity contribution in [3.8, 4) is 0 Å². The third kappa shape index (κ3) is 3.70. The molecule has 3 heteroatoms. The highest BCUT2D eigenvalue weighted by molar-refractivity contribution is 5.55. The van der Waals surface area contributed by atoms with E-state index in [0.29, 0.717) is 13.0 Å². The third-order valence-corrected chi connectivity index (χ3v) is 6.42. The lowest BCUT2D eigenvalue weighted by molar-refractivity contribution is 0.0872. The van der Waals surface area contributed by atoms with Gasteiger partial charge in [-0.05, 0) is 40.8 Å². The van der Waals surface area contributed by atoms with Gasteiger partial charge in [-0.3, -0.25) is 4.90 Å². The van der Waals surface area contributed by atoms with Gasteiger partial charge >= 0.3 is 0 Å². The molecule has 0 aliphatic carbocycles. The minimum atomic E-state index is -0.473. The Morgan fingerprint density at radius 1 is 0.781 bits per heavy atom. The molecule has 0 radical (unpaired) electrons. The molecule has 0 bridgehead atoms. The molecule has 1 saturated heterocycles. The molecule has 3 aromatic carbocycles. The highest BCUT2D eigenvalue weighted by Gasteiger charge is 2.44. The number of benzene rings is 3. The number of rotatable bonds is 5. The molecule has 0 amide bonds. The van der Waals surface area contributed by atoms with Crippen molar-refractivity contribution >= 4 is 6.08 Å². The van der Waals surface area contributed by atoms with Crippen LogP contribution in [0.15, 0.2) is 120 Å². The maximum Gasteiger partial charge on any atom is 0.0975 e. The SMILES string of the molecule is OC1CCN(C(c2ccccc2)(c2ccccc2)c2ccccc2)CC1=Cc1ccoc1. The van der Waals surface area contributed by atoms with Gasteiger partial charge in [-0.1, -0.05) is 91.0 Å². The highest BCUT2D eigenvalue weighted by atomic mass is 16.3.